The van der Waals surface area contributed by atoms with Crippen molar-refractivity contribution >= 4 is 33.4 Å². The minimum atomic E-state index is -0.491. The molecule has 0 aliphatic carbocycles. The molecule has 94 valence electrons. The molecule has 2 rings (SSSR count). The van der Waals surface area contributed by atoms with Crippen LogP contribution in [0.15, 0.2) is 28.9 Å². The van der Waals surface area contributed by atoms with Gasteiger partial charge in [-0.1, -0.05) is 15.9 Å². The van der Waals surface area contributed by atoms with Gasteiger partial charge in [0.15, 0.2) is 11.6 Å². The predicted molar refractivity (Wildman–Crippen MR) is 73.7 cm³/mol. The summed E-state index contributed by atoms with van der Waals surface area (Å²) >= 11 is 3.41. The van der Waals surface area contributed by atoms with Gasteiger partial charge >= 0.3 is 0 Å². The van der Waals surface area contributed by atoms with E-state index >= 15 is 0 Å². The van der Waals surface area contributed by atoms with Gasteiger partial charge in [-0.25, -0.2) is 9.37 Å². The molecule has 6 heteroatoms. The van der Waals surface area contributed by atoms with Crippen LogP contribution >= 0.6 is 15.9 Å². The number of aromatic nitrogens is 2. The molecule has 0 saturated carbocycles. The lowest BCUT2D eigenvalue weighted by Crippen LogP contribution is -2.03. The molecule has 2 N–H and O–H groups in total. The Balaban J connectivity index is 2.30. The van der Waals surface area contributed by atoms with Crippen molar-refractivity contribution in [2.45, 2.75) is 6.92 Å². The Hall–Kier alpha value is -1.69. The molecular weight excluding hydrogens is 299 g/mol. The first-order valence-corrected chi connectivity index (χ1v) is 6.13. The lowest BCUT2D eigenvalue weighted by molar-refractivity contribution is 0.619. The summed E-state index contributed by atoms with van der Waals surface area (Å²) in [6, 6.07) is 5.65. The van der Waals surface area contributed by atoms with E-state index in [-0.39, 0.29) is 5.82 Å². The van der Waals surface area contributed by atoms with Crippen molar-refractivity contribution in [3.05, 3.63) is 40.2 Å². The summed E-state index contributed by atoms with van der Waals surface area (Å²) in [5.41, 5.74) is 1.83. The Bertz CT molecular complexity index is 574. The van der Waals surface area contributed by atoms with Gasteiger partial charge in [-0.15, -0.1) is 0 Å². The maximum absolute atomic E-state index is 13.5. The van der Waals surface area contributed by atoms with Crippen LogP contribution in [0.3, 0.4) is 0 Å². The van der Waals surface area contributed by atoms with E-state index in [1.165, 1.54) is 0 Å². The van der Waals surface area contributed by atoms with Crippen molar-refractivity contribution in [2.75, 3.05) is 17.7 Å². The third-order valence-electron chi connectivity index (χ3n) is 2.39. The quantitative estimate of drug-likeness (QED) is 0.911. The topological polar surface area (TPSA) is 49.8 Å². The van der Waals surface area contributed by atoms with Gasteiger partial charge in [-0.05, 0) is 30.7 Å². The van der Waals surface area contributed by atoms with Crippen molar-refractivity contribution in [1.29, 1.82) is 0 Å². The van der Waals surface area contributed by atoms with Gasteiger partial charge in [0.05, 0.1) is 6.20 Å². The molecule has 0 atom stereocenters. The number of rotatable bonds is 3. The molecule has 0 aliphatic rings. The van der Waals surface area contributed by atoms with E-state index in [0.29, 0.717) is 5.95 Å². The average molecular weight is 311 g/mol. The maximum atomic E-state index is 13.5. The molecular formula is C12H12BrFN4. The summed E-state index contributed by atoms with van der Waals surface area (Å²) in [5, 5.41) is 5.69. The fourth-order valence-electron chi connectivity index (χ4n) is 1.43. The molecule has 4 nitrogen and oxygen atoms in total. The Morgan fingerprint density at radius 3 is 2.78 bits per heavy atom. The number of aryl methyl sites for hydroxylation is 1. The standard InChI is InChI=1S/C12H12BrFN4/c1-7-5-8(3-4-9(7)13)17-11-10(14)6-16-12(15-2)18-11/h3-6H,1-2H3,(H2,15,16,17,18). The molecule has 0 saturated heterocycles. The average Bonchev–Trinajstić information content (AvgIpc) is 2.36. The molecule has 0 spiro atoms. The van der Waals surface area contributed by atoms with Crippen molar-refractivity contribution < 1.29 is 4.39 Å². The first-order chi connectivity index (χ1) is 8.60. The van der Waals surface area contributed by atoms with E-state index in [9.17, 15) is 4.39 Å². The van der Waals surface area contributed by atoms with E-state index in [0.717, 1.165) is 21.9 Å². The first-order valence-electron chi connectivity index (χ1n) is 5.33. The summed E-state index contributed by atoms with van der Waals surface area (Å²) in [4.78, 5) is 7.80. The SMILES string of the molecule is CNc1ncc(F)c(Nc2ccc(Br)c(C)c2)n1. The molecule has 1 aromatic carbocycles. The van der Waals surface area contributed by atoms with Gasteiger partial charge in [-0.2, -0.15) is 4.98 Å². The number of anilines is 3. The Labute approximate surface area is 113 Å². The van der Waals surface area contributed by atoms with Crippen LogP contribution in [-0.4, -0.2) is 17.0 Å². The van der Waals surface area contributed by atoms with Crippen LogP contribution < -0.4 is 10.6 Å². The van der Waals surface area contributed by atoms with Gasteiger partial charge in [0.2, 0.25) is 5.95 Å². The normalized spacial score (nSPS) is 10.2. The summed E-state index contributed by atoms with van der Waals surface area (Å²) < 4.78 is 14.6. The molecule has 0 unspecified atom stereocenters. The number of nitrogens with one attached hydrogen (secondary N) is 2. The largest absolute Gasteiger partial charge is 0.357 e. The summed E-state index contributed by atoms with van der Waals surface area (Å²) in [5.74, 6) is 0.0263. The number of nitrogens with zero attached hydrogens (tertiary/aromatic N) is 2. The molecule has 0 radical (unpaired) electrons. The molecule has 18 heavy (non-hydrogen) atoms. The Morgan fingerprint density at radius 2 is 2.11 bits per heavy atom. The second kappa shape index (κ2) is 5.30. The van der Waals surface area contributed by atoms with Crippen molar-refractivity contribution in [3.63, 3.8) is 0 Å². The molecule has 0 amide bonds. The second-order valence-electron chi connectivity index (χ2n) is 3.73. The second-order valence-corrected chi connectivity index (χ2v) is 4.58. The van der Waals surface area contributed by atoms with Crippen LogP contribution in [0.1, 0.15) is 5.56 Å². The number of halogens is 2. The van der Waals surface area contributed by atoms with Crippen molar-refractivity contribution in [1.82, 2.24) is 9.97 Å². The van der Waals surface area contributed by atoms with Gasteiger partial charge in [0.1, 0.15) is 0 Å². The van der Waals surface area contributed by atoms with Crippen LogP contribution in [0, 0.1) is 12.7 Å². The van der Waals surface area contributed by atoms with E-state index < -0.39 is 5.82 Å². The highest BCUT2D eigenvalue weighted by atomic mass is 79.9. The van der Waals surface area contributed by atoms with Gasteiger partial charge in [0, 0.05) is 17.2 Å². The molecule has 2 aromatic rings. The minimum Gasteiger partial charge on any atom is -0.357 e. The summed E-state index contributed by atoms with van der Waals surface area (Å²) in [6.07, 6.45) is 1.13. The van der Waals surface area contributed by atoms with Crippen LogP contribution in [0.2, 0.25) is 0 Å². The summed E-state index contributed by atoms with van der Waals surface area (Å²) in [6.45, 7) is 1.96. The number of hydrogen-bond acceptors (Lipinski definition) is 4. The zero-order chi connectivity index (χ0) is 13.1. The monoisotopic (exact) mass is 310 g/mol. The third-order valence-corrected chi connectivity index (χ3v) is 3.28. The van der Waals surface area contributed by atoms with Gasteiger partial charge in [-0.3, -0.25) is 0 Å². The summed E-state index contributed by atoms with van der Waals surface area (Å²) in [7, 11) is 1.68. The lowest BCUT2D eigenvalue weighted by atomic mass is 10.2. The smallest absolute Gasteiger partial charge is 0.224 e. The molecule has 0 aliphatic heterocycles. The number of benzene rings is 1. The molecule has 0 bridgehead atoms. The van der Waals surface area contributed by atoms with Crippen molar-refractivity contribution in [2.24, 2.45) is 0 Å². The minimum absolute atomic E-state index is 0.149. The third kappa shape index (κ3) is 2.76. The van der Waals surface area contributed by atoms with Crippen LogP contribution in [0.25, 0.3) is 0 Å². The zero-order valence-electron chi connectivity index (χ0n) is 9.96. The van der Waals surface area contributed by atoms with E-state index in [4.69, 9.17) is 0 Å². The molecule has 1 heterocycles. The lowest BCUT2D eigenvalue weighted by Gasteiger charge is -2.09. The van der Waals surface area contributed by atoms with E-state index in [2.05, 4.69) is 36.5 Å². The van der Waals surface area contributed by atoms with Crippen LogP contribution in [-0.2, 0) is 0 Å². The Morgan fingerprint density at radius 1 is 1.33 bits per heavy atom. The number of hydrogen-bond donors (Lipinski definition) is 2. The van der Waals surface area contributed by atoms with E-state index in [1.807, 2.05) is 25.1 Å². The Kier molecular flexibility index (Phi) is 3.76. The fraction of sp³-hybridized carbons (Fsp3) is 0.167. The molecule has 1 aromatic heterocycles. The van der Waals surface area contributed by atoms with Crippen molar-refractivity contribution in [3.8, 4) is 0 Å². The predicted octanol–water partition coefficient (Wildman–Crippen LogP) is 3.47. The molecule has 0 fully saturated rings. The maximum Gasteiger partial charge on any atom is 0.224 e. The van der Waals surface area contributed by atoms with Gasteiger partial charge in [0.25, 0.3) is 0 Å². The fourth-order valence-corrected chi connectivity index (χ4v) is 1.68. The van der Waals surface area contributed by atoms with Gasteiger partial charge < -0.3 is 10.6 Å². The highest BCUT2D eigenvalue weighted by molar-refractivity contribution is 9.10. The first kappa shape index (κ1) is 12.8. The highest BCUT2D eigenvalue weighted by Crippen LogP contribution is 2.23. The zero-order valence-corrected chi connectivity index (χ0v) is 11.5. The van der Waals surface area contributed by atoms with Crippen LogP contribution in [0.5, 0.6) is 0 Å². The highest BCUT2D eigenvalue weighted by Gasteiger charge is 2.07. The van der Waals surface area contributed by atoms with Crippen LogP contribution in [0.4, 0.5) is 21.8 Å². The van der Waals surface area contributed by atoms with E-state index in [1.54, 1.807) is 7.05 Å².